The molecule has 3 N–H and O–H groups in total. The van der Waals surface area contributed by atoms with Crippen molar-refractivity contribution in [1.29, 1.82) is 0 Å². The van der Waals surface area contributed by atoms with Gasteiger partial charge in [-0.1, -0.05) is 0 Å². The van der Waals surface area contributed by atoms with Crippen LogP contribution in [-0.2, 0) is 0 Å². The largest absolute Gasteiger partial charge is 0.315 e. The average molecular weight is 294 g/mol. The summed E-state index contributed by atoms with van der Waals surface area (Å²) in [6.07, 6.45) is 2.22. The standard InChI is InChI=1S/C15H30N6/c1-21-11-10-17-5-3-7-20-15(13-21)14-12-18-9-8-16-4-2-6-19-14/h16-18H,2-13H2,1H3. The van der Waals surface area contributed by atoms with Gasteiger partial charge in [-0.25, -0.2) is 0 Å². The third kappa shape index (κ3) is 6.65. The van der Waals surface area contributed by atoms with Crippen molar-refractivity contribution in [3.8, 4) is 0 Å². The molecule has 0 aliphatic carbocycles. The van der Waals surface area contributed by atoms with Crippen molar-refractivity contribution in [3.63, 3.8) is 0 Å². The van der Waals surface area contributed by atoms with E-state index in [0.717, 1.165) is 84.0 Å². The van der Waals surface area contributed by atoms with Gasteiger partial charge in [0.15, 0.2) is 0 Å². The molecular weight excluding hydrogens is 264 g/mol. The maximum absolute atomic E-state index is 4.83. The van der Waals surface area contributed by atoms with Crippen LogP contribution in [-0.4, -0.2) is 88.8 Å². The topological polar surface area (TPSA) is 64.0 Å². The van der Waals surface area contributed by atoms with Crippen molar-refractivity contribution in [2.24, 2.45) is 9.98 Å². The van der Waals surface area contributed by atoms with Crippen LogP contribution in [0.4, 0.5) is 0 Å². The number of likely N-dealkylation sites (N-methyl/N-ethyl adjacent to an activating group) is 1. The molecule has 0 unspecified atom stereocenters. The monoisotopic (exact) mass is 294 g/mol. The number of aliphatic imine (C=N–C) groups is 2. The summed E-state index contributed by atoms with van der Waals surface area (Å²) in [5, 5.41) is 10.3. The Labute approximate surface area is 128 Å². The van der Waals surface area contributed by atoms with Gasteiger partial charge in [-0.15, -0.1) is 0 Å². The molecule has 6 nitrogen and oxygen atoms in total. The van der Waals surface area contributed by atoms with E-state index in [-0.39, 0.29) is 0 Å². The van der Waals surface area contributed by atoms with E-state index in [4.69, 9.17) is 9.98 Å². The number of nitrogens with one attached hydrogen (secondary N) is 3. The Morgan fingerprint density at radius 3 is 2.29 bits per heavy atom. The van der Waals surface area contributed by atoms with Gasteiger partial charge in [0.25, 0.3) is 0 Å². The Kier molecular flexibility index (Phi) is 7.88. The lowest BCUT2D eigenvalue weighted by molar-refractivity contribution is 0.373. The van der Waals surface area contributed by atoms with Crippen molar-refractivity contribution in [3.05, 3.63) is 0 Å². The fourth-order valence-electron chi connectivity index (χ4n) is 2.56. The molecule has 0 spiro atoms. The molecule has 0 aromatic rings. The van der Waals surface area contributed by atoms with Crippen LogP contribution >= 0.6 is 0 Å². The van der Waals surface area contributed by atoms with Gasteiger partial charge in [-0.3, -0.25) is 14.9 Å². The average Bonchev–Trinajstić information content (AvgIpc) is 2.51. The second kappa shape index (κ2) is 10.00. The molecule has 0 aromatic carbocycles. The Bertz CT molecular complexity index is 352. The zero-order valence-electron chi connectivity index (χ0n) is 13.3. The maximum Gasteiger partial charge on any atom is 0.0711 e. The SMILES string of the molecule is CN1CCNCCCN=C(C2=NCCCNCCNC2)C1. The van der Waals surface area contributed by atoms with E-state index in [0.29, 0.717) is 0 Å². The predicted octanol–water partition coefficient (Wildman–Crippen LogP) is -0.624. The van der Waals surface area contributed by atoms with Crippen LogP contribution in [0.5, 0.6) is 0 Å². The van der Waals surface area contributed by atoms with Crippen LogP contribution in [0.1, 0.15) is 12.8 Å². The molecule has 0 saturated heterocycles. The van der Waals surface area contributed by atoms with Gasteiger partial charge in [-0.05, 0) is 33.0 Å². The van der Waals surface area contributed by atoms with Gasteiger partial charge in [-0.2, -0.15) is 0 Å². The second-order valence-corrected chi connectivity index (χ2v) is 5.78. The first-order valence-corrected chi connectivity index (χ1v) is 8.24. The summed E-state index contributed by atoms with van der Waals surface area (Å²) in [6.45, 7) is 9.79. The van der Waals surface area contributed by atoms with Gasteiger partial charge >= 0.3 is 0 Å². The molecule has 0 aromatic heterocycles. The smallest absolute Gasteiger partial charge is 0.0711 e. The third-order valence-electron chi connectivity index (χ3n) is 3.82. The van der Waals surface area contributed by atoms with E-state index < -0.39 is 0 Å². The fraction of sp³-hybridized carbons (Fsp3) is 0.867. The highest BCUT2D eigenvalue weighted by Gasteiger charge is 2.13. The van der Waals surface area contributed by atoms with Crippen molar-refractivity contribution in [1.82, 2.24) is 20.9 Å². The summed E-state index contributed by atoms with van der Waals surface area (Å²) in [7, 11) is 2.16. The first kappa shape index (κ1) is 16.5. The lowest BCUT2D eigenvalue weighted by Gasteiger charge is -2.21. The Balaban J connectivity index is 2.04. The van der Waals surface area contributed by atoms with E-state index >= 15 is 0 Å². The van der Waals surface area contributed by atoms with E-state index in [9.17, 15) is 0 Å². The van der Waals surface area contributed by atoms with Crippen molar-refractivity contribution < 1.29 is 0 Å². The van der Waals surface area contributed by atoms with Gasteiger partial charge < -0.3 is 16.0 Å². The Hall–Kier alpha value is -0.820. The van der Waals surface area contributed by atoms with E-state index in [1.54, 1.807) is 0 Å². The second-order valence-electron chi connectivity index (χ2n) is 5.78. The predicted molar refractivity (Wildman–Crippen MR) is 89.9 cm³/mol. The molecule has 2 heterocycles. The number of nitrogens with zero attached hydrogens (tertiary/aromatic N) is 3. The molecule has 0 atom stereocenters. The van der Waals surface area contributed by atoms with Gasteiger partial charge in [0.05, 0.1) is 11.4 Å². The Morgan fingerprint density at radius 2 is 1.48 bits per heavy atom. The molecule has 0 saturated carbocycles. The van der Waals surface area contributed by atoms with Crippen LogP contribution in [0.25, 0.3) is 0 Å². The first-order valence-electron chi connectivity index (χ1n) is 8.24. The molecule has 2 rings (SSSR count). The highest BCUT2D eigenvalue weighted by Crippen LogP contribution is 1.96. The summed E-state index contributed by atoms with van der Waals surface area (Å²) in [6, 6.07) is 0. The summed E-state index contributed by atoms with van der Waals surface area (Å²) in [4.78, 5) is 12.0. The molecule has 2 aliphatic heterocycles. The molecule has 120 valence electrons. The van der Waals surface area contributed by atoms with Gasteiger partial charge in [0, 0.05) is 52.4 Å². The van der Waals surface area contributed by atoms with Crippen molar-refractivity contribution in [2.75, 3.05) is 72.5 Å². The van der Waals surface area contributed by atoms with Crippen LogP contribution in [0.3, 0.4) is 0 Å². The molecule has 6 heteroatoms. The maximum atomic E-state index is 4.83. The minimum Gasteiger partial charge on any atom is -0.315 e. The lowest BCUT2D eigenvalue weighted by atomic mass is 10.2. The van der Waals surface area contributed by atoms with Crippen molar-refractivity contribution >= 4 is 11.4 Å². The Morgan fingerprint density at radius 1 is 0.810 bits per heavy atom. The highest BCUT2D eigenvalue weighted by atomic mass is 15.1. The van der Waals surface area contributed by atoms with Crippen LogP contribution in [0, 0.1) is 0 Å². The highest BCUT2D eigenvalue weighted by molar-refractivity contribution is 6.44. The number of rotatable bonds is 1. The minimum absolute atomic E-state index is 0.840. The van der Waals surface area contributed by atoms with E-state index in [1.807, 2.05) is 0 Å². The fourth-order valence-corrected chi connectivity index (χ4v) is 2.56. The summed E-state index contributed by atoms with van der Waals surface area (Å²) in [5.41, 5.74) is 2.35. The van der Waals surface area contributed by atoms with Gasteiger partial charge in [0.2, 0.25) is 0 Å². The quantitative estimate of drug-likeness (QED) is 0.603. The molecule has 0 fully saturated rings. The van der Waals surface area contributed by atoms with Crippen molar-refractivity contribution in [2.45, 2.75) is 12.8 Å². The normalized spacial score (nSPS) is 24.8. The number of hydrogen-bond donors (Lipinski definition) is 3. The molecule has 2 aliphatic rings. The van der Waals surface area contributed by atoms with E-state index in [1.165, 1.54) is 5.71 Å². The van der Waals surface area contributed by atoms with Crippen LogP contribution < -0.4 is 16.0 Å². The zero-order chi connectivity index (χ0) is 14.8. The summed E-state index contributed by atoms with van der Waals surface area (Å²) in [5.74, 6) is 0. The molecule has 0 bridgehead atoms. The molecule has 0 amide bonds. The molecule has 21 heavy (non-hydrogen) atoms. The summed E-state index contributed by atoms with van der Waals surface area (Å²) < 4.78 is 0. The van der Waals surface area contributed by atoms with Crippen LogP contribution in [0.2, 0.25) is 0 Å². The van der Waals surface area contributed by atoms with Crippen LogP contribution in [0.15, 0.2) is 9.98 Å². The zero-order valence-corrected chi connectivity index (χ0v) is 13.3. The lowest BCUT2D eigenvalue weighted by Crippen LogP contribution is -2.41. The first-order chi connectivity index (χ1) is 10.4. The third-order valence-corrected chi connectivity index (χ3v) is 3.82. The number of hydrogen-bond acceptors (Lipinski definition) is 6. The molecule has 0 radical (unpaired) electrons. The van der Waals surface area contributed by atoms with Gasteiger partial charge in [0.1, 0.15) is 0 Å². The summed E-state index contributed by atoms with van der Waals surface area (Å²) >= 11 is 0. The minimum atomic E-state index is 0.840. The molecular formula is C15H30N6. The van der Waals surface area contributed by atoms with E-state index in [2.05, 4.69) is 27.9 Å².